The average Bonchev–Trinajstić information content (AvgIpc) is 3.09. The maximum absolute atomic E-state index is 12.9. The van der Waals surface area contributed by atoms with Gasteiger partial charge in [-0.25, -0.2) is 0 Å². The third-order valence-electron chi connectivity index (χ3n) is 5.50. The molecule has 2 saturated heterocycles. The van der Waals surface area contributed by atoms with E-state index in [9.17, 15) is 9.59 Å². The van der Waals surface area contributed by atoms with Crippen molar-refractivity contribution in [1.82, 2.24) is 19.7 Å². The van der Waals surface area contributed by atoms with Crippen LogP contribution in [-0.4, -0.2) is 70.3 Å². The maximum Gasteiger partial charge on any atom is 0.253 e. The number of nitrogens with zero attached hydrogens (tertiary/aromatic N) is 4. The first-order chi connectivity index (χ1) is 13.6. The van der Waals surface area contributed by atoms with E-state index in [0.29, 0.717) is 25.2 Å². The van der Waals surface area contributed by atoms with Crippen LogP contribution in [0.3, 0.4) is 0 Å². The van der Waals surface area contributed by atoms with Crippen molar-refractivity contribution in [2.24, 2.45) is 0 Å². The first-order valence-electron chi connectivity index (χ1n) is 9.58. The van der Waals surface area contributed by atoms with Crippen molar-refractivity contribution in [1.29, 1.82) is 0 Å². The lowest BCUT2D eigenvalue weighted by Crippen LogP contribution is -2.53. The van der Waals surface area contributed by atoms with Crippen molar-refractivity contribution in [3.05, 3.63) is 64.4 Å². The summed E-state index contributed by atoms with van der Waals surface area (Å²) in [6, 6.07) is 11.3. The number of aromatic nitrogens is 1. The predicted octanol–water partition coefficient (Wildman–Crippen LogP) is 2.40. The molecule has 2 fully saturated rings. The number of carbonyl (C=O) groups excluding carboxylic acids is 2. The first kappa shape index (κ1) is 19.1. The number of benzene rings is 1. The minimum atomic E-state index is -0.0680. The molecular formula is C21H23BrN4O2. The SMILES string of the molecule is O=C(c1ccc(Br)cc1)N1CCN(C2CCN(Cc3cccnc3)C2=O)CC1. The van der Waals surface area contributed by atoms with E-state index < -0.39 is 0 Å². The van der Waals surface area contributed by atoms with Crippen molar-refractivity contribution in [2.45, 2.75) is 19.0 Å². The normalized spacial score (nSPS) is 20.6. The molecule has 0 radical (unpaired) electrons. The summed E-state index contributed by atoms with van der Waals surface area (Å²) in [6.45, 7) is 4.17. The lowest BCUT2D eigenvalue weighted by molar-refractivity contribution is -0.133. The molecule has 28 heavy (non-hydrogen) atoms. The van der Waals surface area contributed by atoms with Crippen molar-refractivity contribution in [3.63, 3.8) is 0 Å². The average molecular weight is 443 g/mol. The standard InChI is InChI=1S/C21H23BrN4O2/c22-18-5-3-17(4-6-18)20(27)25-12-10-24(11-13-25)19-7-9-26(21(19)28)15-16-2-1-8-23-14-16/h1-6,8,14,19H,7,9-13,15H2. The monoisotopic (exact) mass is 442 g/mol. The van der Waals surface area contributed by atoms with Crippen LogP contribution in [0, 0.1) is 0 Å². The van der Waals surface area contributed by atoms with Gasteiger partial charge >= 0.3 is 0 Å². The molecule has 0 saturated carbocycles. The van der Waals surface area contributed by atoms with Gasteiger partial charge in [-0.05, 0) is 42.3 Å². The van der Waals surface area contributed by atoms with E-state index >= 15 is 0 Å². The molecule has 4 rings (SSSR count). The van der Waals surface area contributed by atoms with Gasteiger partial charge in [0.15, 0.2) is 0 Å². The Kier molecular flexibility index (Phi) is 5.73. The highest BCUT2D eigenvalue weighted by molar-refractivity contribution is 9.10. The molecule has 2 amide bonds. The second kappa shape index (κ2) is 8.41. The molecule has 0 spiro atoms. The number of hydrogen-bond donors (Lipinski definition) is 0. The Hall–Kier alpha value is -2.25. The Morgan fingerprint density at radius 1 is 1.07 bits per heavy atom. The molecule has 0 aliphatic carbocycles. The van der Waals surface area contributed by atoms with Crippen molar-refractivity contribution in [3.8, 4) is 0 Å². The van der Waals surface area contributed by atoms with Gasteiger partial charge in [0, 0.05) is 61.7 Å². The Bertz CT molecular complexity index is 835. The second-order valence-corrected chi connectivity index (χ2v) is 8.18. The number of hydrogen-bond acceptors (Lipinski definition) is 4. The Balaban J connectivity index is 1.32. The summed E-state index contributed by atoms with van der Waals surface area (Å²) in [5, 5.41) is 0. The van der Waals surface area contributed by atoms with Gasteiger partial charge in [0.25, 0.3) is 5.91 Å². The summed E-state index contributed by atoms with van der Waals surface area (Å²) < 4.78 is 0.962. The summed E-state index contributed by atoms with van der Waals surface area (Å²) in [5.41, 5.74) is 1.76. The third kappa shape index (κ3) is 4.10. The number of piperazine rings is 1. The molecule has 2 aromatic rings. The van der Waals surface area contributed by atoms with Crippen LogP contribution in [0.25, 0.3) is 0 Å². The topological polar surface area (TPSA) is 56.8 Å². The molecule has 146 valence electrons. The molecule has 1 unspecified atom stereocenters. The van der Waals surface area contributed by atoms with Gasteiger partial charge < -0.3 is 9.80 Å². The number of halogens is 1. The van der Waals surface area contributed by atoms with Crippen LogP contribution in [0.1, 0.15) is 22.3 Å². The molecular weight excluding hydrogens is 420 g/mol. The highest BCUT2D eigenvalue weighted by Crippen LogP contribution is 2.21. The molecule has 7 heteroatoms. The summed E-state index contributed by atoms with van der Waals surface area (Å²) >= 11 is 3.40. The van der Waals surface area contributed by atoms with E-state index in [1.54, 1.807) is 6.20 Å². The summed E-state index contributed by atoms with van der Waals surface area (Å²) in [7, 11) is 0. The maximum atomic E-state index is 12.9. The summed E-state index contributed by atoms with van der Waals surface area (Å²) in [5.74, 6) is 0.250. The fraction of sp³-hybridized carbons (Fsp3) is 0.381. The fourth-order valence-corrected chi connectivity index (χ4v) is 4.21. The van der Waals surface area contributed by atoms with Gasteiger partial charge in [0.1, 0.15) is 0 Å². The van der Waals surface area contributed by atoms with Crippen molar-refractivity contribution >= 4 is 27.7 Å². The van der Waals surface area contributed by atoms with E-state index in [-0.39, 0.29) is 17.9 Å². The fourth-order valence-electron chi connectivity index (χ4n) is 3.94. The van der Waals surface area contributed by atoms with Gasteiger partial charge in [-0.1, -0.05) is 22.0 Å². The molecule has 0 N–H and O–H groups in total. The van der Waals surface area contributed by atoms with E-state index in [1.165, 1.54) is 0 Å². The summed E-state index contributed by atoms with van der Waals surface area (Å²) in [6.07, 6.45) is 4.40. The minimum Gasteiger partial charge on any atom is -0.337 e. The summed E-state index contributed by atoms with van der Waals surface area (Å²) in [4.78, 5) is 35.7. The molecule has 6 nitrogen and oxygen atoms in total. The van der Waals surface area contributed by atoms with Crippen LogP contribution in [-0.2, 0) is 11.3 Å². The highest BCUT2D eigenvalue weighted by atomic mass is 79.9. The van der Waals surface area contributed by atoms with E-state index in [2.05, 4.69) is 25.8 Å². The second-order valence-electron chi connectivity index (χ2n) is 7.26. The van der Waals surface area contributed by atoms with Crippen LogP contribution >= 0.6 is 15.9 Å². The largest absolute Gasteiger partial charge is 0.337 e. The lowest BCUT2D eigenvalue weighted by atomic mass is 10.1. The Labute approximate surface area is 173 Å². The molecule has 2 aliphatic rings. The molecule has 0 bridgehead atoms. The molecule has 2 aliphatic heterocycles. The smallest absolute Gasteiger partial charge is 0.253 e. The van der Waals surface area contributed by atoms with Crippen LogP contribution < -0.4 is 0 Å². The first-order valence-corrected chi connectivity index (χ1v) is 10.4. The highest BCUT2D eigenvalue weighted by Gasteiger charge is 2.37. The zero-order chi connectivity index (χ0) is 19.5. The molecule has 1 atom stereocenters. The number of pyridine rings is 1. The molecule has 1 aromatic carbocycles. The number of carbonyl (C=O) groups is 2. The zero-order valence-electron chi connectivity index (χ0n) is 15.6. The van der Waals surface area contributed by atoms with Crippen LogP contribution in [0.4, 0.5) is 0 Å². The molecule has 1 aromatic heterocycles. The lowest BCUT2D eigenvalue weighted by Gasteiger charge is -2.37. The number of likely N-dealkylation sites (tertiary alicyclic amines) is 1. The van der Waals surface area contributed by atoms with Crippen LogP contribution in [0.5, 0.6) is 0 Å². The van der Waals surface area contributed by atoms with E-state index in [0.717, 1.165) is 36.1 Å². The zero-order valence-corrected chi connectivity index (χ0v) is 17.2. The Morgan fingerprint density at radius 2 is 1.82 bits per heavy atom. The van der Waals surface area contributed by atoms with Gasteiger partial charge in [-0.15, -0.1) is 0 Å². The number of amides is 2. The van der Waals surface area contributed by atoms with Crippen LogP contribution in [0.2, 0.25) is 0 Å². The number of rotatable bonds is 4. The van der Waals surface area contributed by atoms with Crippen LogP contribution in [0.15, 0.2) is 53.3 Å². The van der Waals surface area contributed by atoms with Gasteiger partial charge in [-0.3, -0.25) is 19.5 Å². The van der Waals surface area contributed by atoms with E-state index in [1.807, 2.05) is 52.4 Å². The van der Waals surface area contributed by atoms with Gasteiger partial charge in [-0.2, -0.15) is 0 Å². The predicted molar refractivity (Wildman–Crippen MR) is 110 cm³/mol. The third-order valence-corrected chi connectivity index (χ3v) is 6.03. The minimum absolute atomic E-state index is 0.0584. The van der Waals surface area contributed by atoms with Crippen molar-refractivity contribution in [2.75, 3.05) is 32.7 Å². The quantitative estimate of drug-likeness (QED) is 0.729. The molecule has 3 heterocycles. The Morgan fingerprint density at radius 3 is 2.50 bits per heavy atom. The van der Waals surface area contributed by atoms with Gasteiger partial charge in [0.05, 0.1) is 6.04 Å². The van der Waals surface area contributed by atoms with Gasteiger partial charge in [0.2, 0.25) is 5.91 Å². The van der Waals surface area contributed by atoms with E-state index in [4.69, 9.17) is 0 Å². The van der Waals surface area contributed by atoms with Crippen molar-refractivity contribution < 1.29 is 9.59 Å².